The number of amides is 1. The lowest BCUT2D eigenvalue weighted by Gasteiger charge is -2.38. The summed E-state index contributed by atoms with van der Waals surface area (Å²) in [5, 5.41) is 5.16. The van der Waals surface area contributed by atoms with Gasteiger partial charge in [0.1, 0.15) is 12.1 Å². The van der Waals surface area contributed by atoms with Gasteiger partial charge in [-0.3, -0.25) is 9.69 Å². The topological polar surface area (TPSA) is 61.4 Å². The molecule has 122 valence electrons. The first kappa shape index (κ1) is 14.8. The molecule has 4 rings (SSSR count). The van der Waals surface area contributed by atoms with E-state index in [1.54, 1.807) is 17.7 Å². The van der Waals surface area contributed by atoms with Gasteiger partial charge in [0.15, 0.2) is 0 Å². The van der Waals surface area contributed by atoms with Gasteiger partial charge in [0.2, 0.25) is 5.91 Å². The molecule has 1 unspecified atom stereocenters. The molecule has 1 saturated heterocycles. The fourth-order valence-corrected chi connectivity index (χ4v) is 3.90. The van der Waals surface area contributed by atoms with Gasteiger partial charge in [-0.25, -0.2) is 9.97 Å². The van der Waals surface area contributed by atoms with Crippen LogP contribution in [0.15, 0.2) is 17.8 Å². The summed E-state index contributed by atoms with van der Waals surface area (Å²) in [6.45, 7) is 5.57. The van der Waals surface area contributed by atoms with Crippen molar-refractivity contribution in [2.75, 3.05) is 31.1 Å². The minimum atomic E-state index is -0.0510. The number of hydrogen-bond acceptors (Lipinski definition) is 6. The van der Waals surface area contributed by atoms with E-state index in [9.17, 15) is 4.79 Å². The van der Waals surface area contributed by atoms with Crippen LogP contribution in [0.25, 0.3) is 10.2 Å². The lowest BCUT2D eigenvalue weighted by atomic mass is 10.2. The maximum Gasteiger partial charge on any atom is 0.237 e. The summed E-state index contributed by atoms with van der Waals surface area (Å²) in [5.74, 6) is 1.20. The molecule has 23 heavy (non-hydrogen) atoms. The number of aromatic nitrogens is 2. The van der Waals surface area contributed by atoms with Crippen molar-refractivity contribution >= 4 is 33.3 Å². The molecule has 2 aromatic heterocycles. The Balaban J connectivity index is 1.40. The molecule has 1 saturated carbocycles. The summed E-state index contributed by atoms with van der Waals surface area (Å²) in [4.78, 5) is 25.6. The van der Waals surface area contributed by atoms with Crippen molar-refractivity contribution < 1.29 is 4.79 Å². The molecule has 1 aliphatic heterocycles. The van der Waals surface area contributed by atoms with Crippen LogP contribution in [0, 0.1) is 0 Å². The monoisotopic (exact) mass is 331 g/mol. The third-order valence-corrected chi connectivity index (χ3v) is 5.59. The van der Waals surface area contributed by atoms with Crippen molar-refractivity contribution in [2.24, 2.45) is 0 Å². The van der Waals surface area contributed by atoms with Crippen LogP contribution in [0.3, 0.4) is 0 Å². The Kier molecular flexibility index (Phi) is 3.90. The first-order valence-electron chi connectivity index (χ1n) is 8.20. The number of nitrogens with zero attached hydrogens (tertiary/aromatic N) is 4. The Morgan fingerprint density at radius 3 is 2.83 bits per heavy atom. The van der Waals surface area contributed by atoms with Gasteiger partial charge in [-0.05, 0) is 31.2 Å². The molecule has 2 aliphatic rings. The highest BCUT2D eigenvalue weighted by atomic mass is 32.1. The average molecular weight is 331 g/mol. The van der Waals surface area contributed by atoms with Gasteiger partial charge < -0.3 is 10.2 Å². The Hall–Kier alpha value is -1.73. The second-order valence-corrected chi connectivity index (χ2v) is 7.23. The van der Waals surface area contributed by atoms with Crippen molar-refractivity contribution in [1.29, 1.82) is 0 Å². The van der Waals surface area contributed by atoms with Crippen molar-refractivity contribution in [3.8, 4) is 0 Å². The summed E-state index contributed by atoms with van der Waals surface area (Å²) >= 11 is 1.69. The molecule has 3 heterocycles. The highest BCUT2D eigenvalue weighted by Crippen LogP contribution is 2.28. The molecule has 1 N–H and O–H groups in total. The molecular weight excluding hydrogens is 310 g/mol. The predicted octanol–water partition coefficient (Wildman–Crippen LogP) is 1.48. The lowest BCUT2D eigenvalue weighted by Crippen LogP contribution is -2.54. The Bertz CT molecular complexity index is 705. The van der Waals surface area contributed by atoms with Gasteiger partial charge in [-0.2, -0.15) is 0 Å². The van der Waals surface area contributed by atoms with Crippen LogP contribution in [-0.4, -0.2) is 59.0 Å². The molecule has 0 bridgehead atoms. The maximum atomic E-state index is 12.2. The molecule has 0 aromatic carbocycles. The second kappa shape index (κ2) is 6.05. The summed E-state index contributed by atoms with van der Waals surface area (Å²) < 4.78 is 1.15. The number of hydrogen-bond donors (Lipinski definition) is 1. The molecule has 1 atom stereocenters. The fourth-order valence-electron chi connectivity index (χ4n) is 3.04. The predicted molar refractivity (Wildman–Crippen MR) is 91.8 cm³/mol. The van der Waals surface area contributed by atoms with E-state index in [0.717, 1.165) is 55.1 Å². The molecule has 2 fully saturated rings. The van der Waals surface area contributed by atoms with Crippen molar-refractivity contribution in [2.45, 2.75) is 31.8 Å². The van der Waals surface area contributed by atoms with E-state index in [0.29, 0.717) is 6.04 Å². The molecule has 1 aliphatic carbocycles. The number of nitrogens with one attached hydrogen (secondary N) is 1. The van der Waals surface area contributed by atoms with Crippen LogP contribution in [-0.2, 0) is 4.79 Å². The zero-order valence-corrected chi connectivity index (χ0v) is 14.1. The summed E-state index contributed by atoms with van der Waals surface area (Å²) in [6, 6.07) is 2.41. The maximum absolute atomic E-state index is 12.2. The molecule has 7 heteroatoms. The second-order valence-electron chi connectivity index (χ2n) is 6.31. The highest BCUT2D eigenvalue weighted by Gasteiger charge is 2.30. The van der Waals surface area contributed by atoms with E-state index in [1.807, 2.05) is 13.0 Å². The van der Waals surface area contributed by atoms with Crippen molar-refractivity contribution in [3.63, 3.8) is 0 Å². The van der Waals surface area contributed by atoms with E-state index in [4.69, 9.17) is 0 Å². The quantitative estimate of drug-likeness (QED) is 0.919. The number of fused-ring (bicyclic) bond motifs is 1. The molecular formula is C16H21N5OS. The van der Waals surface area contributed by atoms with Crippen molar-refractivity contribution in [1.82, 2.24) is 20.2 Å². The number of piperazine rings is 1. The van der Waals surface area contributed by atoms with E-state index < -0.39 is 0 Å². The fraction of sp³-hybridized carbons (Fsp3) is 0.562. The van der Waals surface area contributed by atoms with E-state index in [1.165, 1.54) is 0 Å². The standard InChI is InChI=1S/C16H21N5OS/c1-11(16(22)19-12-2-3-12)20-5-7-21(8-6-20)15-14-13(4-9-23-14)17-10-18-15/h4,9-12H,2-3,5-8H2,1H3,(H,19,22). The van der Waals surface area contributed by atoms with E-state index in [2.05, 4.69) is 30.5 Å². The zero-order chi connectivity index (χ0) is 15.8. The third kappa shape index (κ3) is 3.03. The molecule has 6 nitrogen and oxygen atoms in total. The minimum absolute atomic E-state index is 0.0510. The summed E-state index contributed by atoms with van der Waals surface area (Å²) in [6.07, 6.45) is 3.91. The number of thiophene rings is 1. The van der Waals surface area contributed by atoms with E-state index in [-0.39, 0.29) is 11.9 Å². The Morgan fingerprint density at radius 1 is 1.30 bits per heavy atom. The zero-order valence-electron chi connectivity index (χ0n) is 13.2. The van der Waals surface area contributed by atoms with Crippen molar-refractivity contribution in [3.05, 3.63) is 17.8 Å². The Morgan fingerprint density at radius 2 is 2.09 bits per heavy atom. The van der Waals surface area contributed by atoms with Crippen LogP contribution in [0.5, 0.6) is 0 Å². The minimum Gasteiger partial charge on any atom is -0.353 e. The van der Waals surface area contributed by atoms with E-state index >= 15 is 0 Å². The summed E-state index contributed by atoms with van der Waals surface area (Å²) in [5.41, 5.74) is 1.01. The first-order chi connectivity index (χ1) is 11.2. The molecule has 2 aromatic rings. The van der Waals surface area contributed by atoms with Crippen LogP contribution in [0.1, 0.15) is 19.8 Å². The van der Waals surface area contributed by atoms with Crippen LogP contribution in [0.4, 0.5) is 5.82 Å². The normalized spacial score (nSPS) is 20.7. The number of rotatable bonds is 4. The summed E-state index contributed by atoms with van der Waals surface area (Å²) in [7, 11) is 0. The van der Waals surface area contributed by atoms with Crippen LogP contribution < -0.4 is 10.2 Å². The van der Waals surface area contributed by atoms with Gasteiger partial charge in [-0.15, -0.1) is 11.3 Å². The molecule has 0 radical (unpaired) electrons. The van der Waals surface area contributed by atoms with Crippen LogP contribution in [0.2, 0.25) is 0 Å². The van der Waals surface area contributed by atoms with Gasteiger partial charge in [0.25, 0.3) is 0 Å². The largest absolute Gasteiger partial charge is 0.353 e. The van der Waals surface area contributed by atoms with Gasteiger partial charge in [-0.1, -0.05) is 0 Å². The first-order valence-corrected chi connectivity index (χ1v) is 9.08. The van der Waals surface area contributed by atoms with Crippen LogP contribution >= 0.6 is 11.3 Å². The lowest BCUT2D eigenvalue weighted by molar-refractivity contribution is -0.126. The Labute approximate surface area is 139 Å². The van der Waals surface area contributed by atoms with Gasteiger partial charge in [0.05, 0.1) is 16.3 Å². The third-order valence-electron chi connectivity index (χ3n) is 4.69. The number of anilines is 1. The molecule has 1 amide bonds. The average Bonchev–Trinajstić information content (AvgIpc) is 3.26. The highest BCUT2D eigenvalue weighted by molar-refractivity contribution is 7.17. The van der Waals surface area contributed by atoms with Gasteiger partial charge >= 0.3 is 0 Å². The molecule has 0 spiro atoms. The number of carbonyl (C=O) groups excluding carboxylic acids is 1. The smallest absolute Gasteiger partial charge is 0.237 e. The van der Waals surface area contributed by atoms with Gasteiger partial charge in [0, 0.05) is 32.2 Å². The SMILES string of the molecule is CC(C(=O)NC1CC1)N1CCN(c2ncnc3ccsc23)CC1. The number of carbonyl (C=O) groups is 1.